The van der Waals surface area contributed by atoms with Crippen LogP contribution in [0.5, 0.6) is 0 Å². The van der Waals surface area contributed by atoms with Crippen molar-refractivity contribution in [3.8, 4) is 0 Å². The topological polar surface area (TPSA) is 38.1 Å². The molecule has 0 aliphatic carbocycles. The number of carbonyl (C=O) groups is 1. The number of hydrogen-bond donors (Lipinski definition) is 0. The van der Waals surface area contributed by atoms with Gasteiger partial charge in [0.05, 0.1) is 18.6 Å². The predicted octanol–water partition coefficient (Wildman–Crippen LogP) is 2.21. The molecule has 0 spiro atoms. The number of benzene rings is 1. The van der Waals surface area contributed by atoms with Crippen LogP contribution in [-0.2, 0) is 11.3 Å². The van der Waals surface area contributed by atoms with Gasteiger partial charge >= 0.3 is 0 Å². The molecular weight excluding hydrogens is 294 g/mol. The van der Waals surface area contributed by atoms with Crippen molar-refractivity contribution in [2.24, 2.45) is 0 Å². The van der Waals surface area contributed by atoms with E-state index in [9.17, 15) is 4.79 Å². The molecule has 0 N–H and O–H groups in total. The maximum absolute atomic E-state index is 12.3. The van der Waals surface area contributed by atoms with Crippen molar-refractivity contribution in [2.45, 2.75) is 12.6 Å². The zero-order valence-electron chi connectivity index (χ0n) is 9.88. The molecule has 1 aliphatic heterocycles. The van der Waals surface area contributed by atoms with Gasteiger partial charge in [-0.25, -0.2) is 4.98 Å². The van der Waals surface area contributed by atoms with Gasteiger partial charge in [-0.1, -0.05) is 28.1 Å². The Hall–Kier alpha value is -1.62. The molecule has 1 amide bonds. The summed E-state index contributed by atoms with van der Waals surface area (Å²) in [4.78, 5) is 18.2. The monoisotopic (exact) mass is 305 g/mol. The van der Waals surface area contributed by atoms with Crippen molar-refractivity contribution in [3.05, 3.63) is 52.5 Å². The first-order valence-corrected chi connectivity index (χ1v) is 6.47. The van der Waals surface area contributed by atoms with Crippen LogP contribution < -0.4 is 0 Å². The molecule has 18 heavy (non-hydrogen) atoms. The molecule has 1 aliphatic rings. The fraction of sp³-hybridized carbons (Fsp3) is 0.231. The molecule has 3 rings (SSSR count). The molecule has 0 saturated carbocycles. The second kappa shape index (κ2) is 4.24. The normalized spacial score (nSPS) is 18.9. The molecule has 92 valence electrons. The Morgan fingerprint density at radius 1 is 1.33 bits per heavy atom. The Bertz CT molecular complexity index is 591. The standard InChI is InChI=1S/C13H12BrN3O/c1-16-7-11-6-15-8-17(11)12(13(16)18)9-2-4-10(14)5-3-9/h2-6,8,12H,7H2,1H3. The van der Waals surface area contributed by atoms with E-state index >= 15 is 0 Å². The third-order valence-corrected chi connectivity index (χ3v) is 3.75. The molecule has 2 aromatic rings. The molecule has 0 fully saturated rings. The first-order valence-electron chi connectivity index (χ1n) is 5.68. The Balaban J connectivity index is 2.10. The van der Waals surface area contributed by atoms with Gasteiger partial charge in [-0.15, -0.1) is 0 Å². The van der Waals surface area contributed by atoms with Gasteiger partial charge in [0.15, 0.2) is 0 Å². The summed E-state index contributed by atoms with van der Waals surface area (Å²) in [5, 5.41) is 0. The molecule has 1 unspecified atom stereocenters. The summed E-state index contributed by atoms with van der Waals surface area (Å²) in [6, 6.07) is 7.54. The van der Waals surface area contributed by atoms with Crippen molar-refractivity contribution in [2.75, 3.05) is 7.05 Å². The molecular formula is C13H12BrN3O. The zero-order chi connectivity index (χ0) is 12.7. The van der Waals surface area contributed by atoms with Crippen LogP contribution in [0.4, 0.5) is 0 Å². The molecule has 1 aromatic heterocycles. The lowest BCUT2D eigenvalue weighted by Gasteiger charge is -2.31. The average Bonchev–Trinajstić information content (AvgIpc) is 2.80. The summed E-state index contributed by atoms with van der Waals surface area (Å²) in [6.45, 7) is 0.617. The van der Waals surface area contributed by atoms with Crippen LogP contribution >= 0.6 is 15.9 Å². The Kier molecular flexibility index (Phi) is 2.70. The summed E-state index contributed by atoms with van der Waals surface area (Å²) in [5.41, 5.74) is 2.04. The van der Waals surface area contributed by atoms with Crippen LogP contribution in [0.2, 0.25) is 0 Å². The zero-order valence-corrected chi connectivity index (χ0v) is 11.5. The maximum atomic E-state index is 12.3. The van der Waals surface area contributed by atoms with Gasteiger partial charge in [0, 0.05) is 17.7 Å². The van der Waals surface area contributed by atoms with Gasteiger partial charge < -0.3 is 9.47 Å². The SMILES string of the molecule is CN1Cc2cncn2C(c2ccc(Br)cc2)C1=O. The van der Waals surface area contributed by atoms with Crippen molar-refractivity contribution in [1.82, 2.24) is 14.5 Å². The summed E-state index contributed by atoms with van der Waals surface area (Å²) >= 11 is 3.41. The second-order valence-corrected chi connectivity index (χ2v) is 5.36. The number of imidazole rings is 1. The Labute approximate surface area is 113 Å². The molecule has 0 saturated heterocycles. The smallest absolute Gasteiger partial charge is 0.250 e. The third kappa shape index (κ3) is 1.75. The van der Waals surface area contributed by atoms with Gasteiger partial charge in [-0.05, 0) is 17.7 Å². The fourth-order valence-electron chi connectivity index (χ4n) is 2.28. The minimum atomic E-state index is -0.297. The number of hydrogen-bond acceptors (Lipinski definition) is 2. The molecule has 1 aromatic carbocycles. The van der Waals surface area contributed by atoms with Crippen molar-refractivity contribution < 1.29 is 4.79 Å². The molecule has 5 heteroatoms. The molecule has 0 bridgehead atoms. The number of amides is 1. The van der Waals surface area contributed by atoms with E-state index in [1.165, 1.54) is 0 Å². The summed E-state index contributed by atoms with van der Waals surface area (Å²) in [5.74, 6) is 0.0998. The second-order valence-electron chi connectivity index (χ2n) is 4.44. The van der Waals surface area contributed by atoms with Gasteiger partial charge in [0.1, 0.15) is 6.04 Å². The lowest BCUT2D eigenvalue weighted by Crippen LogP contribution is -2.40. The van der Waals surface area contributed by atoms with Gasteiger partial charge in [-0.2, -0.15) is 0 Å². The number of nitrogens with zero attached hydrogens (tertiary/aromatic N) is 3. The minimum Gasteiger partial charge on any atom is -0.338 e. The minimum absolute atomic E-state index is 0.0998. The van der Waals surface area contributed by atoms with E-state index in [2.05, 4.69) is 20.9 Å². The van der Waals surface area contributed by atoms with E-state index in [1.807, 2.05) is 42.1 Å². The Morgan fingerprint density at radius 3 is 2.78 bits per heavy atom. The summed E-state index contributed by atoms with van der Waals surface area (Å²) in [7, 11) is 1.82. The number of likely N-dealkylation sites (N-methyl/N-ethyl adjacent to an activating group) is 1. The van der Waals surface area contributed by atoms with E-state index in [0.717, 1.165) is 15.7 Å². The molecule has 2 heterocycles. The molecule has 4 nitrogen and oxygen atoms in total. The average molecular weight is 306 g/mol. The van der Waals surface area contributed by atoms with Gasteiger partial charge in [-0.3, -0.25) is 4.79 Å². The summed E-state index contributed by atoms with van der Waals surface area (Å²) in [6.07, 6.45) is 3.54. The highest BCUT2D eigenvalue weighted by molar-refractivity contribution is 9.10. The highest BCUT2D eigenvalue weighted by Crippen LogP contribution is 2.28. The molecule has 1 atom stereocenters. The van der Waals surface area contributed by atoms with Crippen LogP contribution in [0.1, 0.15) is 17.3 Å². The van der Waals surface area contributed by atoms with E-state index in [4.69, 9.17) is 0 Å². The number of halogens is 1. The number of carbonyl (C=O) groups excluding carboxylic acids is 1. The summed E-state index contributed by atoms with van der Waals surface area (Å²) < 4.78 is 2.96. The van der Waals surface area contributed by atoms with Crippen LogP contribution in [0, 0.1) is 0 Å². The van der Waals surface area contributed by atoms with Crippen molar-refractivity contribution in [1.29, 1.82) is 0 Å². The van der Waals surface area contributed by atoms with Crippen molar-refractivity contribution in [3.63, 3.8) is 0 Å². The lowest BCUT2D eigenvalue weighted by molar-refractivity contribution is -0.134. The van der Waals surface area contributed by atoms with Crippen LogP contribution in [-0.4, -0.2) is 27.4 Å². The first kappa shape index (κ1) is 11.5. The highest BCUT2D eigenvalue weighted by atomic mass is 79.9. The number of rotatable bonds is 1. The van der Waals surface area contributed by atoms with Gasteiger partial charge in [0.25, 0.3) is 0 Å². The van der Waals surface area contributed by atoms with E-state index in [0.29, 0.717) is 6.54 Å². The van der Waals surface area contributed by atoms with Gasteiger partial charge in [0.2, 0.25) is 5.91 Å². The van der Waals surface area contributed by atoms with Crippen LogP contribution in [0.15, 0.2) is 41.3 Å². The fourth-order valence-corrected chi connectivity index (χ4v) is 2.55. The highest BCUT2D eigenvalue weighted by Gasteiger charge is 2.31. The Morgan fingerprint density at radius 2 is 2.06 bits per heavy atom. The number of fused-ring (bicyclic) bond motifs is 1. The van der Waals surface area contributed by atoms with Crippen LogP contribution in [0.3, 0.4) is 0 Å². The third-order valence-electron chi connectivity index (χ3n) is 3.22. The van der Waals surface area contributed by atoms with E-state index < -0.39 is 0 Å². The molecule has 0 radical (unpaired) electrons. The van der Waals surface area contributed by atoms with Crippen LogP contribution in [0.25, 0.3) is 0 Å². The maximum Gasteiger partial charge on any atom is 0.250 e. The first-order chi connectivity index (χ1) is 8.66. The quantitative estimate of drug-likeness (QED) is 0.810. The lowest BCUT2D eigenvalue weighted by atomic mass is 10.0. The predicted molar refractivity (Wildman–Crippen MR) is 71.0 cm³/mol. The van der Waals surface area contributed by atoms with E-state index in [-0.39, 0.29) is 11.9 Å². The van der Waals surface area contributed by atoms with E-state index in [1.54, 1.807) is 11.2 Å². The van der Waals surface area contributed by atoms with Crippen molar-refractivity contribution >= 4 is 21.8 Å². The largest absolute Gasteiger partial charge is 0.338 e. The number of aromatic nitrogens is 2.